The molecule has 3 rings (SSSR count). The van der Waals surface area contributed by atoms with E-state index >= 15 is 0 Å². The summed E-state index contributed by atoms with van der Waals surface area (Å²) in [6.07, 6.45) is 1.56. The second-order valence-electron chi connectivity index (χ2n) is 5.33. The maximum absolute atomic E-state index is 12.2. The van der Waals surface area contributed by atoms with E-state index in [2.05, 4.69) is 10.3 Å². The van der Waals surface area contributed by atoms with E-state index in [1.54, 1.807) is 47.5 Å². The van der Waals surface area contributed by atoms with Crippen LogP contribution in [0.3, 0.4) is 0 Å². The van der Waals surface area contributed by atoms with Gasteiger partial charge >= 0.3 is 0 Å². The van der Waals surface area contributed by atoms with Crippen molar-refractivity contribution in [2.24, 2.45) is 0 Å². The zero-order chi connectivity index (χ0) is 16.9. The molecule has 7 heteroatoms. The lowest BCUT2D eigenvalue weighted by molar-refractivity contribution is -0.133. The van der Waals surface area contributed by atoms with Gasteiger partial charge in [0.15, 0.2) is 6.61 Å². The Morgan fingerprint density at radius 1 is 1.33 bits per heavy atom. The molecular formula is C17H16ClN3O3. The van der Waals surface area contributed by atoms with Crippen LogP contribution in [0, 0.1) is 0 Å². The molecule has 0 saturated heterocycles. The summed E-state index contributed by atoms with van der Waals surface area (Å²) in [5.41, 5.74) is 1.20. The molecule has 0 unspecified atom stereocenters. The maximum Gasteiger partial charge on any atom is 0.269 e. The van der Waals surface area contributed by atoms with Crippen LogP contribution in [-0.2, 0) is 11.3 Å². The Hall–Kier alpha value is -2.60. The van der Waals surface area contributed by atoms with Crippen LogP contribution in [0.15, 0.2) is 42.6 Å². The zero-order valence-electron chi connectivity index (χ0n) is 12.9. The molecule has 1 aromatic carbocycles. The minimum absolute atomic E-state index is 0.0250. The molecule has 2 aromatic rings. The van der Waals surface area contributed by atoms with Gasteiger partial charge in [0.25, 0.3) is 11.8 Å². The Bertz CT molecular complexity index is 752. The average Bonchev–Trinajstić information content (AvgIpc) is 2.75. The molecule has 0 saturated carbocycles. The van der Waals surface area contributed by atoms with Crippen molar-refractivity contribution in [3.05, 3.63) is 58.9 Å². The zero-order valence-corrected chi connectivity index (χ0v) is 13.6. The minimum Gasteiger partial charge on any atom is -0.483 e. The number of amides is 2. The van der Waals surface area contributed by atoms with Crippen molar-refractivity contribution in [3.8, 4) is 5.75 Å². The van der Waals surface area contributed by atoms with Crippen LogP contribution >= 0.6 is 11.6 Å². The summed E-state index contributed by atoms with van der Waals surface area (Å²) in [6.45, 7) is 1.08. The molecule has 1 N–H and O–H groups in total. The number of rotatable bonds is 4. The molecule has 1 aliphatic heterocycles. The first-order valence-corrected chi connectivity index (χ1v) is 7.89. The molecule has 124 valence electrons. The summed E-state index contributed by atoms with van der Waals surface area (Å²) in [6, 6.07) is 10.4. The second-order valence-corrected chi connectivity index (χ2v) is 5.76. The number of aromatic nitrogens is 1. The highest BCUT2D eigenvalue weighted by molar-refractivity contribution is 6.30. The number of hydrogen-bond donors (Lipinski definition) is 1. The number of nitrogens with zero attached hydrogens (tertiary/aromatic N) is 2. The number of nitrogens with one attached hydrogen (secondary N) is 1. The lowest BCUT2D eigenvalue weighted by Gasteiger charge is -2.20. The number of hydrogen-bond acceptors (Lipinski definition) is 4. The predicted octanol–water partition coefficient (Wildman–Crippen LogP) is 1.89. The highest BCUT2D eigenvalue weighted by Crippen LogP contribution is 2.26. The average molecular weight is 346 g/mol. The largest absolute Gasteiger partial charge is 0.483 e. The summed E-state index contributed by atoms with van der Waals surface area (Å²) in [5.74, 6) is 0.264. The maximum atomic E-state index is 12.2. The van der Waals surface area contributed by atoms with Crippen LogP contribution in [0.4, 0.5) is 0 Å². The minimum atomic E-state index is -0.266. The van der Waals surface area contributed by atoms with Gasteiger partial charge in [-0.3, -0.25) is 14.6 Å². The summed E-state index contributed by atoms with van der Waals surface area (Å²) < 4.78 is 5.50. The third-order valence-electron chi connectivity index (χ3n) is 3.65. The van der Waals surface area contributed by atoms with Gasteiger partial charge in [0.05, 0.1) is 0 Å². The van der Waals surface area contributed by atoms with E-state index in [0.29, 0.717) is 36.1 Å². The summed E-state index contributed by atoms with van der Waals surface area (Å²) in [5, 5.41) is 3.35. The number of benzene rings is 1. The van der Waals surface area contributed by atoms with Crippen molar-refractivity contribution in [2.75, 3.05) is 19.7 Å². The van der Waals surface area contributed by atoms with E-state index in [-0.39, 0.29) is 18.4 Å². The molecule has 0 spiro atoms. The van der Waals surface area contributed by atoms with Gasteiger partial charge in [-0.2, -0.15) is 0 Å². The van der Waals surface area contributed by atoms with Gasteiger partial charge in [0, 0.05) is 36.4 Å². The fraction of sp³-hybridized carbons (Fsp3) is 0.235. The SMILES string of the molecule is O=C(NCCN1Cc2cc(Cl)ccc2OCC1=O)c1ccccn1. The van der Waals surface area contributed by atoms with Crippen molar-refractivity contribution in [3.63, 3.8) is 0 Å². The fourth-order valence-electron chi connectivity index (χ4n) is 2.43. The van der Waals surface area contributed by atoms with Crippen LogP contribution in [-0.4, -0.2) is 41.4 Å². The molecule has 0 fully saturated rings. The first-order valence-electron chi connectivity index (χ1n) is 7.52. The van der Waals surface area contributed by atoms with Gasteiger partial charge in [-0.1, -0.05) is 17.7 Å². The Morgan fingerprint density at radius 3 is 3.00 bits per heavy atom. The second kappa shape index (κ2) is 7.31. The van der Waals surface area contributed by atoms with Crippen molar-refractivity contribution >= 4 is 23.4 Å². The highest BCUT2D eigenvalue weighted by Gasteiger charge is 2.21. The van der Waals surface area contributed by atoms with Crippen LogP contribution < -0.4 is 10.1 Å². The standard InChI is InChI=1S/C17H16ClN3O3/c18-13-4-5-15-12(9-13)10-21(16(22)11-24-15)8-7-20-17(23)14-3-1-2-6-19-14/h1-6,9H,7-8,10-11H2,(H,20,23). The van der Waals surface area contributed by atoms with Gasteiger partial charge in [0.2, 0.25) is 0 Å². The number of ether oxygens (including phenoxy) is 1. The molecule has 0 radical (unpaired) electrons. The molecule has 1 aromatic heterocycles. The molecule has 0 bridgehead atoms. The van der Waals surface area contributed by atoms with E-state index in [4.69, 9.17) is 16.3 Å². The molecule has 2 heterocycles. The smallest absolute Gasteiger partial charge is 0.269 e. The van der Waals surface area contributed by atoms with Gasteiger partial charge < -0.3 is 15.0 Å². The molecule has 1 aliphatic rings. The number of pyridine rings is 1. The first kappa shape index (κ1) is 16.3. The van der Waals surface area contributed by atoms with Crippen LogP contribution in [0.2, 0.25) is 5.02 Å². The number of fused-ring (bicyclic) bond motifs is 1. The Kier molecular flexibility index (Phi) is 4.96. The van der Waals surface area contributed by atoms with Gasteiger partial charge in [-0.05, 0) is 30.3 Å². The molecule has 0 aliphatic carbocycles. The lowest BCUT2D eigenvalue weighted by atomic mass is 10.2. The van der Waals surface area contributed by atoms with Gasteiger partial charge in [-0.25, -0.2) is 0 Å². The summed E-state index contributed by atoms with van der Waals surface area (Å²) in [7, 11) is 0. The van der Waals surface area contributed by atoms with E-state index in [0.717, 1.165) is 5.56 Å². The topological polar surface area (TPSA) is 71.5 Å². The van der Waals surface area contributed by atoms with E-state index in [1.165, 1.54) is 0 Å². The number of carbonyl (C=O) groups is 2. The third-order valence-corrected chi connectivity index (χ3v) is 3.89. The lowest BCUT2D eigenvalue weighted by Crippen LogP contribution is -2.39. The first-order chi connectivity index (χ1) is 11.6. The molecule has 0 atom stereocenters. The van der Waals surface area contributed by atoms with Crippen molar-refractivity contribution < 1.29 is 14.3 Å². The highest BCUT2D eigenvalue weighted by atomic mass is 35.5. The summed E-state index contributed by atoms with van der Waals surface area (Å²) >= 11 is 6.00. The quantitative estimate of drug-likeness (QED) is 0.918. The van der Waals surface area contributed by atoms with E-state index in [9.17, 15) is 9.59 Å². The molecule has 24 heavy (non-hydrogen) atoms. The molecule has 2 amide bonds. The number of halogens is 1. The van der Waals surface area contributed by atoms with Gasteiger partial charge in [-0.15, -0.1) is 0 Å². The molecular weight excluding hydrogens is 330 g/mol. The van der Waals surface area contributed by atoms with Crippen LogP contribution in [0.1, 0.15) is 16.1 Å². The Labute approximate surface area is 144 Å². The summed E-state index contributed by atoms with van der Waals surface area (Å²) in [4.78, 5) is 29.7. The van der Waals surface area contributed by atoms with Crippen molar-refractivity contribution in [1.29, 1.82) is 0 Å². The van der Waals surface area contributed by atoms with Crippen LogP contribution in [0.5, 0.6) is 5.75 Å². The Morgan fingerprint density at radius 2 is 2.21 bits per heavy atom. The normalized spacial score (nSPS) is 13.7. The fourth-order valence-corrected chi connectivity index (χ4v) is 2.63. The van der Waals surface area contributed by atoms with Crippen LogP contribution in [0.25, 0.3) is 0 Å². The predicted molar refractivity (Wildman–Crippen MR) is 88.9 cm³/mol. The van der Waals surface area contributed by atoms with Gasteiger partial charge in [0.1, 0.15) is 11.4 Å². The number of carbonyl (C=O) groups excluding carboxylic acids is 2. The van der Waals surface area contributed by atoms with E-state index in [1.807, 2.05) is 0 Å². The van der Waals surface area contributed by atoms with E-state index < -0.39 is 0 Å². The molecule has 6 nitrogen and oxygen atoms in total. The Balaban J connectivity index is 1.60. The van der Waals surface area contributed by atoms with Crippen molar-refractivity contribution in [2.45, 2.75) is 6.54 Å². The third kappa shape index (κ3) is 3.83. The monoisotopic (exact) mass is 345 g/mol. The van der Waals surface area contributed by atoms with Crippen molar-refractivity contribution in [1.82, 2.24) is 15.2 Å².